The zero-order chi connectivity index (χ0) is 39.5. The zero-order valence-electron chi connectivity index (χ0n) is 31.0. The van der Waals surface area contributed by atoms with Gasteiger partial charge in [0.2, 0.25) is 11.7 Å². The number of methoxy groups -OCH3 is 1. The summed E-state index contributed by atoms with van der Waals surface area (Å²) in [5.41, 5.74) is 1.62. The van der Waals surface area contributed by atoms with Gasteiger partial charge >= 0.3 is 0 Å². The molecule has 0 radical (unpaired) electrons. The topological polar surface area (TPSA) is 203 Å². The fourth-order valence-electron chi connectivity index (χ4n) is 6.12. The number of hydrogen-bond acceptors (Lipinski definition) is 11. The standard InChI is InChI=1S/C38H42N6O8.CH2O2/c1-23(2)29-21-44(37(47)28-13-9-8-12-27(28)36-41-34(42-52-36)25-10-6-5-7-11-25)22-32(45)39-24(3)33(38(48)43-16-18-50-19-17-43)51-31-20-26(35(46)40-29)14-15-30(31)49-4;2-1-3/h5-15,20,23-24,29,33H,16-19,21-22H2,1-4H3,(H,39,45)(H,40,46);1H,(H,2,3)/t24-,29+,33+;/m0./s1. The minimum Gasteiger partial charge on any atom is -0.493 e. The summed E-state index contributed by atoms with van der Waals surface area (Å²) >= 11 is 0. The van der Waals surface area contributed by atoms with Crippen LogP contribution >= 0.6 is 0 Å². The summed E-state index contributed by atoms with van der Waals surface area (Å²) in [6.07, 6.45) is -1.19. The molecule has 55 heavy (non-hydrogen) atoms. The van der Waals surface area contributed by atoms with Crippen molar-refractivity contribution >= 4 is 30.1 Å². The van der Waals surface area contributed by atoms with Crippen molar-refractivity contribution < 1.29 is 47.8 Å². The van der Waals surface area contributed by atoms with Gasteiger partial charge in [-0.15, -0.1) is 0 Å². The summed E-state index contributed by atoms with van der Waals surface area (Å²) < 4.78 is 22.9. The predicted octanol–water partition coefficient (Wildman–Crippen LogP) is 3.13. The Balaban J connectivity index is 0.00000187. The molecule has 0 spiro atoms. The third-order valence-electron chi connectivity index (χ3n) is 9.09. The van der Waals surface area contributed by atoms with Gasteiger partial charge in [-0.3, -0.25) is 24.0 Å². The second kappa shape index (κ2) is 18.6. The highest BCUT2D eigenvalue weighted by molar-refractivity contribution is 6.02. The molecule has 3 aromatic carbocycles. The Kier molecular flexibility index (Phi) is 13.5. The van der Waals surface area contributed by atoms with E-state index in [0.717, 1.165) is 5.56 Å². The number of rotatable bonds is 6. The monoisotopic (exact) mass is 756 g/mol. The first-order chi connectivity index (χ1) is 26.5. The van der Waals surface area contributed by atoms with E-state index in [1.165, 1.54) is 18.1 Å². The molecule has 2 bridgehead atoms. The number of morpholine rings is 1. The number of carboxylic acid groups (broad SMARTS) is 1. The van der Waals surface area contributed by atoms with E-state index in [2.05, 4.69) is 20.8 Å². The van der Waals surface area contributed by atoms with Crippen LogP contribution in [0.1, 0.15) is 41.5 Å². The number of ether oxygens (including phenoxy) is 3. The Morgan fingerprint density at radius 3 is 2.35 bits per heavy atom. The number of benzene rings is 3. The molecule has 0 saturated carbocycles. The third kappa shape index (κ3) is 9.83. The van der Waals surface area contributed by atoms with Crippen molar-refractivity contribution in [3.05, 3.63) is 83.9 Å². The molecule has 16 nitrogen and oxygen atoms in total. The second-order valence-corrected chi connectivity index (χ2v) is 13.1. The quantitative estimate of drug-likeness (QED) is 0.243. The van der Waals surface area contributed by atoms with Crippen molar-refractivity contribution in [1.29, 1.82) is 0 Å². The number of nitrogens with zero attached hydrogens (tertiary/aromatic N) is 4. The SMILES string of the molecule is COc1ccc2cc1O[C@@H](C(=O)N1CCOCC1)[C@H](C)NC(=O)CN(C(=O)c1ccccc1-c1nc(-c3ccccc3)no1)C[C@H](C(C)C)NC2=O.O=CO. The molecule has 6 rings (SSSR count). The van der Waals surface area contributed by atoms with E-state index in [1.807, 2.05) is 44.2 Å². The zero-order valence-corrected chi connectivity index (χ0v) is 31.0. The van der Waals surface area contributed by atoms with E-state index in [0.29, 0.717) is 43.4 Å². The lowest BCUT2D eigenvalue weighted by Gasteiger charge is -2.34. The normalized spacial score (nSPS) is 19.1. The van der Waals surface area contributed by atoms with Gasteiger partial charge in [-0.1, -0.05) is 61.5 Å². The molecule has 3 heterocycles. The summed E-state index contributed by atoms with van der Waals surface area (Å²) in [6, 6.07) is 19.4. The van der Waals surface area contributed by atoms with Crippen molar-refractivity contribution in [3.63, 3.8) is 0 Å². The second-order valence-electron chi connectivity index (χ2n) is 13.1. The van der Waals surface area contributed by atoms with E-state index in [-0.39, 0.29) is 54.2 Å². The molecule has 2 aliphatic rings. The molecule has 1 fully saturated rings. The smallest absolute Gasteiger partial charge is 0.290 e. The Hall–Kier alpha value is -6.29. The molecule has 1 aromatic heterocycles. The van der Waals surface area contributed by atoms with Crippen LogP contribution in [-0.4, -0.2) is 120 Å². The molecule has 0 aliphatic carbocycles. The minimum absolute atomic E-state index is 0.00682. The van der Waals surface area contributed by atoms with Crippen molar-refractivity contribution in [2.75, 3.05) is 46.5 Å². The molecule has 16 heteroatoms. The van der Waals surface area contributed by atoms with Gasteiger partial charge in [0, 0.05) is 36.8 Å². The summed E-state index contributed by atoms with van der Waals surface area (Å²) in [5, 5.41) is 17.0. The molecule has 3 N–H and O–H groups in total. The Morgan fingerprint density at radius 2 is 1.65 bits per heavy atom. The minimum atomic E-state index is -1.19. The largest absolute Gasteiger partial charge is 0.493 e. The average Bonchev–Trinajstić information content (AvgIpc) is 3.70. The fourth-order valence-corrected chi connectivity index (χ4v) is 6.12. The number of carbonyl (C=O) groups excluding carboxylic acids is 4. The Morgan fingerprint density at radius 1 is 0.964 bits per heavy atom. The molecule has 4 aromatic rings. The van der Waals surface area contributed by atoms with Gasteiger partial charge in [-0.05, 0) is 43.2 Å². The van der Waals surface area contributed by atoms with Gasteiger partial charge in [-0.2, -0.15) is 4.98 Å². The van der Waals surface area contributed by atoms with Gasteiger partial charge in [0.1, 0.15) is 0 Å². The number of amides is 4. The molecule has 0 unspecified atom stereocenters. The first kappa shape index (κ1) is 39.9. The highest BCUT2D eigenvalue weighted by atomic mass is 16.5. The van der Waals surface area contributed by atoms with Crippen LogP contribution in [0.15, 0.2) is 77.3 Å². The van der Waals surface area contributed by atoms with Gasteiger partial charge in [-0.25, -0.2) is 0 Å². The summed E-state index contributed by atoms with van der Waals surface area (Å²) in [5.74, 6) is -0.976. The molecule has 2 aliphatic heterocycles. The lowest BCUT2D eigenvalue weighted by atomic mass is 10.0. The van der Waals surface area contributed by atoms with E-state index >= 15 is 0 Å². The van der Waals surface area contributed by atoms with Crippen LogP contribution in [0, 0.1) is 5.92 Å². The molecule has 3 atom stereocenters. The Labute approximate surface area is 317 Å². The lowest BCUT2D eigenvalue weighted by molar-refractivity contribution is -0.144. The molecular weight excluding hydrogens is 712 g/mol. The number of carbonyl (C=O) groups is 5. The molecule has 290 valence electrons. The maximum Gasteiger partial charge on any atom is 0.290 e. The first-order valence-corrected chi connectivity index (χ1v) is 17.7. The van der Waals surface area contributed by atoms with Gasteiger partial charge < -0.3 is 44.3 Å². The van der Waals surface area contributed by atoms with E-state index in [1.54, 1.807) is 48.2 Å². The number of fused-ring (bicyclic) bond motifs is 2. The number of hydrogen-bond donors (Lipinski definition) is 3. The van der Waals surface area contributed by atoms with E-state index in [4.69, 9.17) is 28.6 Å². The fraction of sp³-hybridized carbons (Fsp3) is 0.359. The van der Waals surface area contributed by atoms with E-state index in [9.17, 15) is 19.2 Å². The van der Waals surface area contributed by atoms with Crippen LogP contribution in [0.5, 0.6) is 11.5 Å². The highest BCUT2D eigenvalue weighted by Gasteiger charge is 2.36. The third-order valence-corrected chi connectivity index (χ3v) is 9.09. The summed E-state index contributed by atoms with van der Waals surface area (Å²) in [7, 11) is 1.46. The number of aromatic nitrogens is 2. The highest BCUT2D eigenvalue weighted by Crippen LogP contribution is 2.31. The maximum absolute atomic E-state index is 14.5. The van der Waals surface area contributed by atoms with Crippen LogP contribution in [-0.2, 0) is 19.1 Å². The Bertz CT molecular complexity index is 1960. The molecular formula is C39H44N6O10. The van der Waals surface area contributed by atoms with Gasteiger partial charge in [0.25, 0.3) is 30.1 Å². The van der Waals surface area contributed by atoms with Crippen LogP contribution in [0.3, 0.4) is 0 Å². The molecule has 4 amide bonds. The van der Waals surface area contributed by atoms with Crippen LogP contribution < -0.4 is 20.1 Å². The van der Waals surface area contributed by atoms with Crippen molar-refractivity contribution in [2.45, 2.75) is 39.0 Å². The molecule has 1 saturated heterocycles. The summed E-state index contributed by atoms with van der Waals surface area (Å²) in [6.45, 7) is 6.29. The first-order valence-electron chi connectivity index (χ1n) is 17.7. The predicted molar refractivity (Wildman–Crippen MR) is 198 cm³/mol. The van der Waals surface area contributed by atoms with Crippen molar-refractivity contribution in [3.8, 4) is 34.3 Å². The van der Waals surface area contributed by atoms with Gasteiger partial charge in [0.05, 0.1) is 44.0 Å². The lowest BCUT2D eigenvalue weighted by Crippen LogP contribution is -2.57. The summed E-state index contributed by atoms with van der Waals surface area (Å²) in [4.78, 5) is 71.9. The van der Waals surface area contributed by atoms with Crippen LogP contribution in [0.25, 0.3) is 22.8 Å². The average molecular weight is 757 g/mol. The van der Waals surface area contributed by atoms with E-state index < -0.39 is 35.9 Å². The number of nitrogens with one attached hydrogen (secondary N) is 2. The van der Waals surface area contributed by atoms with Crippen LogP contribution in [0.2, 0.25) is 0 Å². The van der Waals surface area contributed by atoms with Crippen molar-refractivity contribution in [1.82, 2.24) is 30.6 Å². The van der Waals surface area contributed by atoms with Gasteiger partial charge in [0.15, 0.2) is 17.6 Å². The maximum atomic E-state index is 14.5. The van der Waals surface area contributed by atoms with Crippen LogP contribution in [0.4, 0.5) is 0 Å². The van der Waals surface area contributed by atoms with Crippen molar-refractivity contribution in [2.24, 2.45) is 5.92 Å².